The van der Waals surface area contributed by atoms with Gasteiger partial charge >= 0.3 is 0 Å². The van der Waals surface area contributed by atoms with Crippen LogP contribution in [0.1, 0.15) is 46.1 Å². The van der Waals surface area contributed by atoms with Gasteiger partial charge < -0.3 is 15.0 Å². The van der Waals surface area contributed by atoms with Crippen molar-refractivity contribution in [2.75, 3.05) is 17.5 Å². The predicted octanol–water partition coefficient (Wildman–Crippen LogP) is 6.45. The highest BCUT2D eigenvalue weighted by Gasteiger charge is 2.34. The summed E-state index contributed by atoms with van der Waals surface area (Å²) in [6, 6.07) is 14.3. The molecule has 3 aromatic carbocycles. The van der Waals surface area contributed by atoms with E-state index in [9.17, 15) is 22.4 Å². The average Bonchev–Trinajstić information content (AvgIpc) is 2.97. The fraction of sp³-hybridized carbons (Fsp3) is 0.355. The second kappa shape index (κ2) is 15.4. The van der Waals surface area contributed by atoms with Crippen molar-refractivity contribution in [1.29, 1.82) is 0 Å². The van der Waals surface area contributed by atoms with Gasteiger partial charge in [-0.05, 0) is 92.9 Å². The Morgan fingerprint density at radius 1 is 0.953 bits per heavy atom. The second-order valence-electron chi connectivity index (χ2n) is 9.89. The van der Waals surface area contributed by atoms with E-state index < -0.39 is 34.3 Å². The molecule has 0 aliphatic rings. The fourth-order valence-electron chi connectivity index (χ4n) is 4.33. The molecule has 232 valence electrons. The van der Waals surface area contributed by atoms with E-state index in [4.69, 9.17) is 27.9 Å². The second-order valence-corrected chi connectivity index (χ2v) is 12.6. The van der Waals surface area contributed by atoms with E-state index in [1.807, 2.05) is 20.8 Å². The number of amides is 2. The van der Waals surface area contributed by atoms with Crippen molar-refractivity contribution < 1.29 is 27.1 Å². The van der Waals surface area contributed by atoms with Gasteiger partial charge in [0.05, 0.1) is 17.2 Å². The summed E-state index contributed by atoms with van der Waals surface area (Å²) in [7, 11) is -4.35. The normalized spacial score (nSPS) is 12.7. The summed E-state index contributed by atoms with van der Waals surface area (Å²) in [4.78, 5) is 28.7. The number of carbonyl (C=O) groups excluding carboxylic acids is 2. The fourth-order valence-corrected chi connectivity index (χ4v) is 6.21. The molecule has 0 bridgehead atoms. The number of carbonyl (C=O) groups is 2. The topological polar surface area (TPSA) is 96.0 Å². The first kappa shape index (κ1) is 34.2. The minimum atomic E-state index is -4.35. The third-order valence-corrected chi connectivity index (χ3v) is 9.23. The van der Waals surface area contributed by atoms with Gasteiger partial charge in [-0.25, -0.2) is 12.8 Å². The Kier molecular flexibility index (Phi) is 12.2. The highest BCUT2D eigenvalue weighted by Crippen LogP contribution is 2.28. The molecule has 0 fully saturated rings. The summed E-state index contributed by atoms with van der Waals surface area (Å²) in [5, 5.41) is 3.62. The Hall–Kier alpha value is -3.34. The molecule has 0 radical (unpaired) electrons. The molecular weight excluding hydrogens is 616 g/mol. The van der Waals surface area contributed by atoms with Crippen molar-refractivity contribution in [3.05, 3.63) is 88.2 Å². The Bertz CT molecular complexity index is 1500. The van der Waals surface area contributed by atoms with Crippen LogP contribution < -0.4 is 14.4 Å². The van der Waals surface area contributed by atoms with Crippen molar-refractivity contribution in [3.8, 4) is 5.75 Å². The van der Waals surface area contributed by atoms with Gasteiger partial charge in [-0.2, -0.15) is 0 Å². The van der Waals surface area contributed by atoms with Crippen molar-refractivity contribution in [3.63, 3.8) is 0 Å². The molecule has 0 aliphatic carbocycles. The molecule has 1 N–H and O–H groups in total. The lowest BCUT2D eigenvalue weighted by molar-refractivity contribution is -0.140. The standard InChI is InChI=1S/C31H36Cl2FN3O5S/c1-5-21(4)35-31(39)29(6-2)36(19-22-8-9-23(32)18-28(22)33)30(38)20-37(25-12-14-26(15-13-25)42-7-3)43(40,41)27-16-10-24(34)11-17-27/h8-18,21,29H,5-7,19-20H2,1-4H3,(H,35,39)/t21-,29+/m1/s1. The lowest BCUT2D eigenvalue weighted by Gasteiger charge is -2.34. The van der Waals surface area contributed by atoms with Crippen LogP contribution in [0.4, 0.5) is 10.1 Å². The Morgan fingerprint density at radius 2 is 1.60 bits per heavy atom. The molecule has 0 unspecified atom stereocenters. The Morgan fingerprint density at radius 3 is 2.16 bits per heavy atom. The number of hydrogen-bond donors (Lipinski definition) is 1. The number of halogens is 3. The number of hydrogen-bond acceptors (Lipinski definition) is 5. The van der Waals surface area contributed by atoms with Crippen LogP contribution in [0, 0.1) is 5.82 Å². The monoisotopic (exact) mass is 651 g/mol. The van der Waals surface area contributed by atoms with Gasteiger partial charge in [-0.3, -0.25) is 13.9 Å². The SMILES string of the molecule is CCOc1ccc(N(CC(=O)N(Cc2ccc(Cl)cc2Cl)[C@@H](CC)C(=O)N[C@H](C)CC)S(=O)(=O)c2ccc(F)cc2)cc1. The number of anilines is 1. The van der Waals surface area contributed by atoms with E-state index >= 15 is 0 Å². The van der Waals surface area contributed by atoms with Crippen molar-refractivity contribution in [1.82, 2.24) is 10.2 Å². The number of rotatable bonds is 14. The van der Waals surface area contributed by atoms with Gasteiger partial charge in [-0.1, -0.05) is 43.1 Å². The molecule has 2 atom stereocenters. The van der Waals surface area contributed by atoms with Gasteiger partial charge in [0.1, 0.15) is 24.2 Å². The first-order chi connectivity index (χ1) is 20.4. The Labute approximate surface area is 262 Å². The maximum Gasteiger partial charge on any atom is 0.264 e. The minimum Gasteiger partial charge on any atom is -0.494 e. The summed E-state index contributed by atoms with van der Waals surface area (Å²) < 4.78 is 47.9. The van der Waals surface area contributed by atoms with Crippen LogP contribution in [-0.4, -0.2) is 50.4 Å². The van der Waals surface area contributed by atoms with E-state index in [1.165, 1.54) is 23.1 Å². The summed E-state index contributed by atoms with van der Waals surface area (Å²) in [5.74, 6) is -1.10. The van der Waals surface area contributed by atoms with Crippen LogP contribution in [-0.2, 0) is 26.2 Å². The van der Waals surface area contributed by atoms with Gasteiger partial charge in [0.2, 0.25) is 11.8 Å². The van der Waals surface area contributed by atoms with Crippen LogP contribution in [0.15, 0.2) is 71.6 Å². The number of nitrogens with zero attached hydrogens (tertiary/aromatic N) is 2. The number of sulfonamides is 1. The average molecular weight is 653 g/mol. The molecule has 3 aromatic rings. The quantitative estimate of drug-likeness (QED) is 0.216. The largest absolute Gasteiger partial charge is 0.494 e. The van der Waals surface area contributed by atoms with E-state index in [0.717, 1.165) is 28.6 Å². The molecule has 0 saturated carbocycles. The molecule has 43 heavy (non-hydrogen) atoms. The molecule has 3 rings (SSSR count). The van der Waals surface area contributed by atoms with E-state index in [0.29, 0.717) is 34.4 Å². The van der Waals surface area contributed by atoms with Gasteiger partial charge in [0.25, 0.3) is 10.0 Å². The van der Waals surface area contributed by atoms with Crippen LogP contribution in [0.5, 0.6) is 5.75 Å². The molecule has 2 amide bonds. The van der Waals surface area contributed by atoms with E-state index in [2.05, 4.69) is 5.32 Å². The Balaban J connectivity index is 2.08. The smallest absolute Gasteiger partial charge is 0.264 e. The number of benzene rings is 3. The van der Waals surface area contributed by atoms with Crippen LogP contribution in [0.2, 0.25) is 10.0 Å². The van der Waals surface area contributed by atoms with Crippen molar-refractivity contribution in [2.45, 2.75) is 64.1 Å². The van der Waals surface area contributed by atoms with Gasteiger partial charge in [-0.15, -0.1) is 0 Å². The number of ether oxygens (including phenoxy) is 1. The van der Waals surface area contributed by atoms with Gasteiger partial charge in [0.15, 0.2) is 0 Å². The highest BCUT2D eigenvalue weighted by atomic mass is 35.5. The van der Waals surface area contributed by atoms with Crippen LogP contribution in [0.25, 0.3) is 0 Å². The first-order valence-electron chi connectivity index (χ1n) is 14.0. The van der Waals surface area contributed by atoms with E-state index in [-0.39, 0.29) is 35.5 Å². The molecule has 0 aromatic heterocycles. The first-order valence-corrected chi connectivity index (χ1v) is 16.2. The minimum absolute atomic E-state index is 0.0744. The van der Waals surface area contributed by atoms with E-state index in [1.54, 1.807) is 31.2 Å². The molecule has 12 heteroatoms. The zero-order valence-electron chi connectivity index (χ0n) is 24.5. The molecule has 8 nitrogen and oxygen atoms in total. The lowest BCUT2D eigenvalue weighted by Crippen LogP contribution is -2.53. The molecule has 0 heterocycles. The summed E-state index contributed by atoms with van der Waals surface area (Å²) >= 11 is 12.5. The third kappa shape index (κ3) is 8.84. The maximum atomic E-state index is 14.2. The zero-order chi connectivity index (χ0) is 31.7. The molecule has 0 saturated heterocycles. The van der Waals surface area contributed by atoms with Crippen LogP contribution in [0.3, 0.4) is 0 Å². The summed E-state index contributed by atoms with van der Waals surface area (Å²) in [6.07, 6.45) is 0.938. The van der Waals surface area contributed by atoms with Crippen molar-refractivity contribution in [2.24, 2.45) is 0 Å². The molecule has 0 spiro atoms. The lowest BCUT2D eigenvalue weighted by atomic mass is 10.1. The highest BCUT2D eigenvalue weighted by molar-refractivity contribution is 7.92. The molecular formula is C31H36Cl2FN3O5S. The maximum absolute atomic E-state index is 14.2. The van der Waals surface area contributed by atoms with Crippen molar-refractivity contribution >= 4 is 50.7 Å². The van der Waals surface area contributed by atoms with Crippen LogP contribution >= 0.6 is 23.2 Å². The number of nitrogens with one attached hydrogen (secondary N) is 1. The summed E-state index contributed by atoms with van der Waals surface area (Å²) in [6.45, 7) is 7.06. The predicted molar refractivity (Wildman–Crippen MR) is 168 cm³/mol. The zero-order valence-corrected chi connectivity index (χ0v) is 26.8. The molecule has 0 aliphatic heterocycles. The summed E-state index contributed by atoms with van der Waals surface area (Å²) in [5.41, 5.74) is 0.714. The third-order valence-electron chi connectivity index (χ3n) is 6.86. The van der Waals surface area contributed by atoms with Gasteiger partial charge in [0, 0.05) is 22.6 Å².